The molecule has 0 atom stereocenters. The molecule has 0 amide bonds. The third-order valence-electron chi connectivity index (χ3n) is 6.39. The first-order valence-corrected chi connectivity index (χ1v) is 12.5. The molecule has 4 aromatic rings. The molecular formula is C30H30N2O2S. The van der Waals surface area contributed by atoms with Crippen molar-refractivity contribution >= 4 is 28.0 Å². The molecular weight excluding hydrogens is 452 g/mol. The highest BCUT2D eigenvalue weighted by atomic mass is 32.1. The van der Waals surface area contributed by atoms with Crippen LogP contribution in [-0.2, 0) is 10.3 Å². The second kappa shape index (κ2) is 9.88. The number of aromatic nitrogens is 1. The molecule has 0 aliphatic rings. The van der Waals surface area contributed by atoms with Gasteiger partial charge in [-0.3, -0.25) is 0 Å². The normalized spacial score (nSPS) is 12.7. The van der Waals surface area contributed by atoms with E-state index in [4.69, 9.17) is 4.98 Å². The molecule has 0 bridgehead atoms. The number of nitrogens with one attached hydrogen (secondary N) is 1. The fourth-order valence-corrected chi connectivity index (χ4v) is 4.98. The maximum atomic E-state index is 12.2. The first-order chi connectivity index (χ1) is 16.7. The van der Waals surface area contributed by atoms with Crippen LogP contribution >= 0.6 is 11.3 Å². The number of aliphatic carboxylic acids is 1. The standard InChI is InChI=1S/C30H30N2O2S/c1-21(29(2,3)4)26(27(33)34)25-20-35-28(31-25)32-30(22-14-8-5-9-15-22,23-16-10-6-11-17-23)24-18-12-7-13-19-24/h5-20H,1-4H3,(H,31,32)(H,33,34)/b26-21-. The molecule has 2 N–H and O–H groups in total. The number of anilines is 1. The van der Waals surface area contributed by atoms with E-state index in [0.717, 1.165) is 22.3 Å². The minimum absolute atomic E-state index is 0.256. The number of thiazole rings is 1. The molecule has 1 aromatic heterocycles. The third kappa shape index (κ3) is 4.91. The van der Waals surface area contributed by atoms with Crippen LogP contribution in [0.2, 0.25) is 0 Å². The Morgan fingerprint density at radius 1 is 0.800 bits per heavy atom. The lowest BCUT2D eigenvalue weighted by Gasteiger charge is -2.36. The Morgan fingerprint density at radius 3 is 1.60 bits per heavy atom. The molecule has 4 rings (SSSR count). The minimum atomic E-state index is -0.963. The molecule has 35 heavy (non-hydrogen) atoms. The topological polar surface area (TPSA) is 62.2 Å². The summed E-state index contributed by atoms with van der Waals surface area (Å²) in [5, 5.41) is 16.2. The first kappa shape index (κ1) is 24.4. The number of nitrogens with zero attached hydrogens (tertiary/aromatic N) is 1. The molecule has 4 nitrogen and oxygen atoms in total. The molecule has 0 radical (unpaired) electrons. The largest absolute Gasteiger partial charge is 0.478 e. The molecule has 3 aromatic carbocycles. The lowest BCUT2D eigenvalue weighted by atomic mass is 9.77. The van der Waals surface area contributed by atoms with Gasteiger partial charge in [-0.15, -0.1) is 11.3 Å². The van der Waals surface area contributed by atoms with Gasteiger partial charge in [0.25, 0.3) is 0 Å². The number of hydrogen-bond donors (Lipinski definition) is 2. The highest BCUT2D eigenvalue weighted by Crippen LogP contribution is 2.41. The lowest BCUT2D eigenvalue weighted by molar-refractivity contribution is -0.130. The quantitative estimate of drug-likeness (QED) is 0.212. The molecule has 0 saturated carbocycles. The summed E-state index contributed by atoms with van der Waals surface area (Å²) in [6.45, 7) is 7.92. The van der Waals surface area contributed by atoms with Gasteiger partial charge >= 0.3 is 5.97 Å². The van der Waals surface area contributed by atoms with Crippen molar-refractivity contribution in [3.63, 3.8) is 0 Å². The highest BCUT2D eigenvalue weighted by Gasteiger charge is 2.37. The molecule has 0 fully saturated rings. The second-order valence-corrected chi connectivity index (χ2v) is 10.4. The van der Waals surface area contributed by atoms with Crippen molar-refractivity contribution in [3.05, 3.63) is 124 Å². The van der Waals surface area contributed by atoms with Gasteiger partial charge in [0.15, 0.2) is 5.13 Å². The van der Waals surface area contributed by atoms with Crippen molar-refractivity contribution in [1.29, 1.82) is 0 Å². The van der Waals surface area contributed by atoms with Crippen LogP contribution in [0.25, 0.3) is 5.57 Å². The van der Waals surface area contributed by atoms with Crippen molar-refractivity contribution in [3.8, 4) is 0 Å². The molecule has 178 valence electrons. The van der Waals surface area contributed by atoms with Crippen molar-refractivity contribution in [1.82, 2.24) is 4.98 Å². The predicted molar refractivity (Wildman–Crippen MR) is 145 cm³/mol. The Labute approximate surface area is 211 Å². The Morgan fingerprint density at radius 2 is 1.23 bits per heavy atom. The molecule has 0 saturated heterocycles. The summed E-state index contributed by atoms with van der Waals surface area (Å²) < 4.78 is 0. The van der Waals surface area contributed by atoms with Gasteiger partial charge in [0.1, 0.15) is 5.54 Å². The summed E-state index contributed by atoms with van der Waals surface area (Å²) in [6, 6.07) is 30.8. The number of carboxylic acids is 1. The zero-order valence-corrected chi connectivity index (χ0v) is 21.3. The Hall–Kier alpha value is -3.70. The average molecular weight is 483 g/mol. The van der Waals surface area contributed by atoms with Gasteiger partial charge in [0, 0.05) is 5.38 Å². The molecule has 0 aliphatic heterocycles. The predicted octanol–water partition coefficient (Wildman–Crippen LogP) is 7.45. The summed E-state index contributed by atoms with van der Waals surface area (Å²) in [6.07, 6.45) is 0. The van der Waals surface area contributed by atoms with Crippen molar-refractivity contribution in [2.45, 2.75) is 33.2 Å². The molecule has 0 spiro atoms. The maximum Gasteiger partial charge on any atom is 0.337 e. The Balaban J connectivity index is 1.91. The number of hydrogen-bond acceptors (Lipinski definition) is 4. The van der Waals surface area contributed by atoms with Crippen LogP contribution in [0, 0.1) is 5.41 Å². The van der Waals surface area contributed by atoms with Gasteiger partial charge in [-0.2, -0.15) is 0 Å². The van der Waals surface area contributed by atoms with E-state index in [1.807, 2.05) is 87.7 Å². The number of rotatable bonds is 7. The molecule has 1 heterocycles. The van der Waals surface area contributed by atoms with E-state index in [-0.39, 0.29) is 11.0 Å². The van der Waals surface area contributed by atoms with Gasteiger partial charge in [-0.05, 0) is 29.0 Å². The third-order valence-corrected chi connectivity index (χ3v) is 7.15. The van der Waals surface area contributed by atoms with Crippen molar-refractivity contribution in [2.75, 3.05) is 5.32 Å². The Kier molecular flexibility index (Phi) is 6.90. The van der Waals surface area contributed by atoms with Crippen LogP contribution < -0.4 is 5.32 Å². The first-order valence-electron chi connectivity index (χ1n) is 11.6. The summed E-state index contributed by atoms with van der Waals surface area (Å²) in [4.78, 5) is 17.0. The van der Waals surface area contributed by atoms with Crippen molar-refractivity contribution < 1.29 is 9.90 Å². The van der Waals surface area contributed by atoms with E-state index in [2.05, 4.69) is 41.7 Å². The monoisotopic (exact) mass is 482 g/mol. The van der Waals surface area contributed by atoms with Gasteiger partial charge in [0.05, 0.1) is 11.3 Å². The minimum Gasteiger partial charge on any atom is -0.478 e. The van der Waals surface area contributed by atoms with E-state index in [9.17, 15) is 9.90 Å². The smallest absolute Gasteiger partial charge is 0.337 e. The summed E-state index contributed by atoms with van der Waals surface area (Å²) in [5.74, 6) is -0.963. The zero-order chi connectivity index (χ0) is 25.1. The second-order valence-electron chi connectivity index (χ2n) is 9.57. The number of carboxylic acid groups (broad SMARTS) is 1. The lowest BCUT2D eigenvalue weighted by Crippen LogP contribution is -2.38. The number of benzene rings is 3. The van der Waals surface area contributed by atoms with E-state index in [0.29, 0.717) is 10.8 Å². The summed E-state index contributed by atoms with van der Waals surface area (Å²) in [5.41, 5.74) is 3.71. The van der Waals surface area contributed by atoms with Crippen LogP contribution in [-0.4, -0.2) is 16.1 Å². The number of allylic oxidation sites excluding steroid dienone is 1. The van der Waals surface area contributed by atoms with Crippen LogP contribution in [0.15, 0.2) is 102 Å². The molecule has 0 aliphatic carbocycles. The van der Waals surface area contributed by atoms with Crippen LogP contribution in [0.5, 0.6) is 0 Å². The van der Waals surface area contributed by atoms with Crippen LogP contribution in [0.4, 0.5) is 5.13 Å². The SMILES string of the molecule is C/C(=C(/C(=O)O)c1csc(NC(c2ccccc2)(c2ccccc2)c2ccccc2)n1)C(C)(C)C. The van der Waals surface area contributed by atoms with Gasteiger partial charge in [-0.25, -0.2) is 9.78 Å². The Bertz CT molecular complexity index is 1220. The van der Waals surface area contributed by atoms with Crippen LogP contribution in [0.3, 0.4) is 0 Å². The van der Waals surface area contributed by atoms with E-state index >= 15 is 0 Å². The van der Waals surface area contributed by atoms with Crippen LogP contribution in [0.1, 0.15) is 50.1 Å². The highest BCUT2D eigenvalue weighted by molar-refractivity contribution is 7.13. The average Bonchev–Trinajstić information content (AvgIpc) is 3.31. The fourth-order valence-electron chi connectivity index (χ4n) is 4.22. The van der Waals surface area contributed by atoms with E-state index in [1.54, 1.807) is 0 Å². The van der Waals surface area contributed by atoms with Gasteiger partial charge < -0.3 is 10.4 Å². The molecule has 5 heteroatoms. The summed E-state index contributed by atoms with van der Waals surface area (Å²) in [7, 11) is 0. The number of carbonyl (C=O) groups is 1. The fraction of sp³-hybridized carbons (Fsp3) is 0.200. The zero-order valence-electron chi connectivity index (χ0n) is 20.4. The van der Waals surface area contributed by atoms with E-state index in [1.165, 1.54) is 11.3 Å². The van der Waals surface area contributed by atoms with Gasteiger partial charge in [-0.1, -0.05) is 117 Å². The molecule has 0 unspecified atom stereocenters. The van der Waals surface area contributed by atoms with E-state index < -0.39 is 11.5 Å². The maximum absolute atomic E-state index is 12.2. The summed E-state index contributed by atoms with van der Waals surface area (Å²) >= 11 is 1.41. The van der Waals surface area contributed by atoms with Gasteiger partial charge in [0.2, 0.25) is 0 Å². The van der Waals surface area contributed by atoms with Crippen molar-refractivity contribution in [2.24, 2.45) is 5.41 Å².